The molecule has 1 rings (SSSR count). The van der Waals surface area contributed by atoms with Crippen LogP contribution < -0.4 is 14.8 Å². The fraction of sp³-hybridized carbons (Fsp3) is 0.600. The first-order chi connectivity index (χ1) is 9.60. The van der Waals surface area contributed by atoms with Crippen LogP contribution in [-0.4, -0.2) is 34.0 Å². The molecule has 1 N–H and O–H groups in total. The summed E-state index contributed by atoms with van der Waals surface area (Å²) >= 11 is 6.30. The standard InChI is InChI=1S/C15H24ClNO3/c1-11(2)10-20-8-7-17-9-12-5-6-13(18-3)15(19-4)14(12)16/h5-6,11,17H,7-10H2,1-4H3. The minimum absolute atomic E-state index is 0.565. The first-order valence-corrected chi connectivity index (χ1v) is 7.15. The van der Waals surface area contributed by atoms with E-state index in [0.717, 1.165) is 18.7 Å². The second-order valence-corrected chi connectivity index (χ2v) is 5.30. The van der Waals surface area contributed by atoms with Gasteiger partial charge in [-0.15, -0.1) is 0 Å². The van der Waals surface area contributed by atoms with E-state index in [1.165, 1.54) is 0 Å². The van der Waals surface area contributed by atoms with E-state index in [9.17, 15) is 0 Å². The predicted molar refractivity (Wildman–Crippen MR) is 81.9 cm³/mol. The van der Waals surface area contributed by atoms with Crippen molar-refractivity contribution in [2.24, 2.45) is 5.92 Å². The number of hydrogen-bond donors (Lipinski definition) is 1. The third-order valence-corrected chi connectivity index (χ3v) is 3.17. The molecule has 0 radical (unpaired) electrons. The highest BCUT2D eigenvalue weighted by Gasteiger charge is 2.12. The lowest BCUT2D eigenvalue weighted by Gasteiger charge is -2.13. The Labute approximate surface area is 126 Å². The van der Waals surface area contributed by atoms with Gasteiger partial charge in [-0.3, -0.25) is 0 Å². The summed E-state index contributed by atoms with van der Waals surface area (Å²) in [5.74, 6) is 1.78. The average Bonchev–Trinajstić information content (AvgIpc) is 2.43. The van der Waals surface area contributed by atoms with Crippen LogP contribution in [0.2, 0.25) is 5.02 Å². The molecule has 0 unspecified atom stereocenters. The summed E-state index contributed by atoms with van der Waals surface area (Å²) in [6.07, 6.45) is 0. The van der Waals surface area contributed by atoms with Crippen molar-refractivity contribution in [1.29, 1.82) is 0 Å². The van der Waals surface area contributed by atoms with Gasteiger partial charge in [0.25, 0.3) is 0 Å². The van der Waals surface area contributed by atoms with Crippen molar-refractivity contribution in [3.05, 3.63) is 22.7 Å². The van der Waals surface area contributed by atoms with Crippen LogP contribution in [0, 0.1) is 5.92 Å². The van der Waals surface area contributed by atoms with Crippen molar-refractivity contribution in [1.82, 2.24) is 5.32 Å². The van der Waals surface area contributed by atoms with Gasteiger partial charge in [-0.1, -0.05) is 31.5 Å². The van der Waals surface area contributed by atoms with Gasteiger partial charge < -0.3 is 19.5 Å². The Bertz CT molecular complexity index is 410. The molecular weight excluding hydrogens is 278 g/mol. The maximum atomic E-state index is 6.30. The van der Waals surface area contributed by atoms with Crippen LogP contribution in [0.25, 0.3) is 0 Å². The zero-order valence-electron chi connectivity index (χ0n) is 12.7. The van der Waals surface area contributed by atoms with Crippen molar-refractivity contribution in [2.45, 2.75) is 20.4 Å². The number of ether oxygens (including phenoxy) is 3. The Morgan fingerprint density at radius 1 is 1.20 bits per heavy atom. The van der Waals surface area contributed by atoms with Crippen LogP contribution in [0.3, 0.4) is 0 Å². The maximum absolute atomic E-state index is 6.30. The molecule has 1 aromatic carbocycles. The van der Waals surface area contributed by atoms with Crippen LogP contribution in [0.4, 0.5) is 0 Å². The van der Waals surface area contributed by atoms with Gasteiger partial charge in [0.1, 0.15) is 0 Å². The summed E-state index contributed by atoms with van der Waals surface area (Å²) in [6.45, 7) is 7.22. The normalized spacial score (nSPS) is 10.9. The van der Waals surface area contributed by atoms with Crippen LogP contribution >= 0.6 is 11.6 Å². The third kappa shape index (κ3) is 5.19. The molecule has 0 spiro atoms. The van der Waals surface area contributed by atoms with E-state index in [4.69, 9.17) is 25.8 Å². The molecular formula is C15H24ClNO3. The van der Waals surface area contributed by atoms with Crippen molar-refractivity contribution in [2.75, 3.05) is 34.0 Å². The SMILES string of the molecule is COc1ccc(CNCCOCC(C)C)c(Cl)c1OC. The number of methoxy groups -OCH3 is 2. The molecule has 0 aliphatic rings. The Morgan fingerprint density at radius 3 is 2.55 bits per heavy atom. The van der Waals surface area contributed by atoms with E-state index in [1.807, 2.05) is 12.1 Å². The highest BCUT2D eigenvalue weighted by atomic mass is 35.5. The van der Waals surface area contributed by atoms with Gasteiger partial charge in [0, 0.05) is 19.7 Å². The second-order valence-electron chi connectivity index (χ2n) is 4.92. The molecule has 0 bridgehead atoms. The van der Waals surface area contributed by atoms with Gasteiger partial charge in [0.05, 0.1) is 25.8 Å². The molecule has 1 aromatic rings. The average molecular weight is 302 g/mol. The van der Waals surface area contributed by atoms with Gasteiger partial charge in [-0.25, -0.2) is 0 Å². The summed E-state index contributed by atoms with van der Waals surface area (Å²) in [6, 6.07) is 3.79. The number of hydrogen-bond acceptors (Lipinski definition) is 4. The van der Waals surface area contributed by atoms with E-state index in [0.29, 0.717) is 35.6 Å². The first kappa shape index (κ1) is 17.1. The lowest BCUT2D eigenvalue weighted by Crippen LogP contribution is -2.20. The minimum atomic E-state index is 0.565. The van der Waals surface area contributed by atoms with Crippen molar-refractivity contribution < 1.29 is 14.2 Å². The highest BCUT2D eigenvalue weighted by molar-refractivity contribution is 6.33. The number of benzene rings is 1. The lowest BCUT2D eigenvalue weighted by atomic mass is 10.2. The van der Waals surface area contributed by atoms with Crippen molar-refractivity contribution in [3.8, 4) is 11.5 Å². The van der Waals surface area contributed by atoms with Gasteiger partial charge in [0.15, 0.2) is 11.5 Å². The zero-order valence-corrected chi connectivity index (χ0v) is 13.4. The molecule has 0 atom stereocenters. The third-order valence-electron chi connectivity index (χ3n) is 2.75. The van der Waals surface area contributed by atoms with E-state index >= 15 is 0 Å². The summed E-state index contributed by atoms with van der Waals surface area (Å²) < 4.78 is 16.0. The molecule has 0 saturated heterocycles. The quantitative estimate of drug-likeness (QED) is 0.711. The minimum Gasteiger partial charge on any atom is -0.493 e. The summed E-state index contributed by atoms with van der Waals surface area (Å²) in [7, 11) is 3.18. The van der Waals surface area contributed by atoms with Crippen molar-refractivity contribution >= 4 is 11.6 Å². The number of nitrogens with one attached hydrogen (secondary N) is 1. The topological polar surface area (TPSA) is 39.7 Å². The fourth-order valence-electron chi connectivity index (χ4n) is 1.75. The molecule has 4 nitrogen and oxygen atoms in total. The largest absolute Gasteiger partial charge is 0.493 e. The molecule has 0 amide bonds. The molecule has 0 saturated carbocycles. The maximum Gasteiger partial charge on any atom is 0.179 e. The Kier molecular flexibility index (Phi) is 7.73. The first-order valence-electron chi connectivity index (χ1n) is 6.78. The molecule has 0 aliphatic heterocycles. The highest BCUT2D eigenvalue weighted by Crippen LogP contribution is 2.37. The van der Waals surface area contributed by atoms with E-state index in [1.54, 1.807) is 14.2 Å². The van der Waals surface area contributed by atoms with E-state index < -0.39 is 0 Å². The molecule has 114 valence electrons. The summed E-state index contributed by atoms with van der Waals surface area (Å²) in [5, 5.41) is 3.88. The lowest BCUT2D eigenvalue weighted by molar-refractivity contribution is 0.111. The van der Waals surface area contributed by atoms with Gasteiger partial charge in [-0.05, 0) is 17.5 Å². The Morgan fingerprint density at radius 2 is 1.95 bits per heavy atom. The van der Waals surface area contributed by atoms with E-state index in [2.05, 4.69) is 19.2 Å². The van der Waals surface area contributed by atoms with Crippen LogP contribution in [0.15, 0.2) is 12.1 Å². The van der Waals surface area contributed by atoms with Gasteiger partial charge in [0.2, 0.25) is 0 Å². The number of rotatable bonds is 9. The van der Waals surface area contributed by atoms with Crippen LogP contribution in [0.5, 0.6) is 11.5 Å². The fourth-order valence-corrected chi connectivity index (χ4v) is 2.05. The molecule has 0 heterocycles. The summed E-state index contributed by atoms with van der Waals surface area (Å²) in [5.41, 5.74) is 0.980. The van der Waals surface area contributed by atoms with Crippen LogP contribution in [-0.2, 0) is 11.3 Å². The number of halogens is 1. The van der Waals surface area contributed by atoms with Crippen molar-refractivity contribution in [3.63, 3.8) is 0 Å². The van der Waals surface area contributed by atoms with Gasteiger partial charge in [-0.2, -0.15) is 0 Å². The monoisotopic (exact) mass is 301 g/mol. The summed E-state index contributed by atoms with van der Waals surface area (Å²) in [4.78, 5) is 0. The predicted octanol–water partition coefficient (Wildman–Crippen LogP) is 3.12. The Hall–Kier alpha value is -0.970. The van der Waals surface area contributed by atoms with E-state index in [-0.39, 0.29) is 0 Å². The second kappa shape index (κ2) is 9.06. The molecule has 0 aromatic heterocycles. The van der Waals surface area contributed by atoms with Crippen LogP contribution in [0.1, 0.15) is 19.4 Å². The molecule has 0 fully saturated rings. The molecule has 5 heteroatoms. The smallest absolute Gasteiger partial charge is 0.179 e. The zero-order chi connectivity index (χ0) is 15.0. The molecule has 20 heavy (non-hydrogen) atoms. The van der Waals surface area contributed by atoms with Gasteiger partial charge >= 0.3 is 0 Å². The Balaban J connectivity index is 2.44. The molecule has 0 aliphatic carbocycles.